The van der Waals surface area contributed by atoms with E-state index in [1.807, 2.05) is 12.4 Å². The Hall–Kier alpha value is -0.930. The van der Waals surface area contributed by atoms with Gasteiger partial charge in [-0.15, -0.1) is 0 Å². The summed E-state index contributed by atoms with van der Waals surface area (Å²) in [5.41, 5.74) is 2.51. The lowest BCUT2D eigenvalue weighted by Crippen LogP contribution is -2.32. The SMILES string of the molecule is CCNC(c1cncc(C)c1)C1CCOC1C. The van der Waals surface area contributed by atoms with Gasteiger partial charge in [0.2, 0.25) is 0 Å². The van der Waals surface area contributed by atoms with Gasteiger partial charge in [-0.25, -0.2) is 0 Å². The fourth-order valence-electron chi connectivity index (χ4n) is 2.67. The molecule has 2 heterocycles. The monoisotopic (exact) mass is 234 g/mol. The average Bonchev–Trinajstić information content (AvgIpc) is 2.72. The quantitative estimate of drug-likeness (QED) is 0.869. The van der Waals surface area contributed by atoms with Gasteiger partial charge in [0.05, 0.1) is 6.10 Å². The molecule has 1 aliphatic heterocycles. The summed E-state index contributed by atoms with van der Waals surface area (Å²) in [5, 5.41) is 3.58. The van der Waals surface area contributed by atoms with Crippen LogP contribution >= 0.6 is 0 Å². The van der Waals surface area contributed by atoms with Gasteiger partial charge in [0.25, 0.3) is 0 Å². The third kappa shape index (κ3) is 2.85. The molecule has 2 rings (SSSR count). The smallest absolute Gasteiger partial charge is 0.0594 e. The molecule has 94 valence electrons. The van der Waals surface area contributed by atoms with Crippen LogP contribution in [0, 0.1) is 12.8 Å². The first-order valence-corrected chi connectivity index (χ1v) is 6.49. The van der Waals surface area contributed by atoms with Crippen molar-refractivity contribution < 1.29 is 4.74 Å². The Labute approximate surface area is 104 Å². The number of aryl methyl sites for hydroxylation is 1. The molecule has 0 radical (unpaired) electrons. The van der Waals surface area contributed by atoms with Crippen molar-refractivity contribution in [1.29, 1.82) is 0 Å². The molecule has 1 saturated heterocycles. The molecule has 0 bridgehead atoms. The molecule has 3 unspecified atom stereocenters. The Morgan fingerprint density at radius 2 is 2.35 bits per heavy atom. The molecule has 0 amide bonds. The van der Waals surface area contributed by atoms with Crippen LogP contribution in [-0.2, 0) is 4.74 Å². The summed E-state index contributed by atoms with van der Waals surface area (Å²) in [7, 11) is 0. The van der Waals surface area contributed by atoms with E-state index < -0.39 is 0 Å². The van der Waals surface area contributed by atoms with E-state index in [-0.39, 0.29) is 0 Å². The number of nitrogens with zero attached hydrogens (tertiary/aromatic N) is 1. The zero-order valence-corrected chi connectivity index (χ0v) is 10.9. The van der Waals surface area contributed by atoms with E-state index in [1.165, 1.54) is 11.1 Å². The lowest BCUT2D eigenvalue weighted by atomic mass is 9.88. The molecule has 0 aromatic carbocycles. The van der Waals surface area contributed by atoms with E-state index >= 15 is 0 Å². The van der Waals surface area contributed by atoms with Crippen LogP contribution in [0.3, 0.4) is 0 Å². The molecule has 0 aliphatic carbocycles. The maximum Gasteiger partial charge on any atom is 0.0594 e. The molecule has 0 saturated carbocycles. The molecule has 3 nitrogen and oxygen atoms in total. The van der Waals surface area contributed by atoms with Crippen molar-refractivity contribution in [2.75, 3.05) is 13.2 Å². The molecule has 1 N–H and O–H groups in total. The topological polar surface area (TPSA) is 34.2 Å². The molecule has 3 atom stereocenters. The second-order valence-electron chi connectivity index (χ2n) is 4.86. The molecule has 1 fully saturated rings. The van der Waals surface area contributed by atoms with Crippen molar-refractivity contribution in [3.63, 3.8) is 0 Å². The molecule has 3 heteroatoms. The summed E-state index contributed by atoms with van der Waals surface area (Å²) in [5.74, 6) is 0.554. The highest BCUT2D eigenvalue weighted by atomic mass is 16.5. The van der Waals surface area contributed by atoms with Crippen molar-refractivity contribution in [3.8, 4) is 0 Å². The molecule has 0 spiro atoms. The minimum absolute atomic E-state index is 0.333. The molecular formula is C14H22N2O. The van der Waals surface area contributed by atoms with Gasteiger partial charge in [0.15, 0.2) is 0 Å². The second kappa shape index (κ2) is 5.61. The van der Waals surface area contributed by atoms with Gasteiger partial charge in [-0.3, -0.25) is 4.98 Å². The van der Waals surface area contributed by atoms with Crippen molar-refractivity contribution in [1.82, 2.24) is 10.3 Å². The first kappa shape index (κ1) is 12.5. The third-order valence-corrected chi connectivity index (χ3v) is 3.54. The van der Waals surface area contributed by atoms with Gasteiger partial charge in [0.1, 0.15) is 0 Å². The van der Waals surface area contributed by atoms with Crippen molar-refractivity contribution >= 4 is 0 Å². The Morgan fingerprint density at radius 1 is 1.53 bits per heavy atom. The lowest BCUT2D eigenvalue weighted by molar-refractivity contribution is 0.0955. The van der Waals surface area contributed by atoms with Gasteiger partial charge >= 0.3 is 0 Å². The minimum Gasteiger partial charge on any atom is -0.378 e. The van der Waals surface area contributed by atoms with Crippen LogP contribution in [0.2, 0.25) is 0 Å². The summed E-state index contributed by atoms with van der Waals surface area (Å²) in [6.07, 6.45) is 5.35. The second-order valence-corrected chi connectivity index (χ2v) is 4.86. The van der Waals surface area contributed by atoms with Gasteiger partial charge in [-0.1, -0.05) is 13.0 Å². The normalized spacial score (nSPS) is 26.1. The van der Waals surface area contributed by atoms with Crippen molar-refractivity contribution in [2.24, 2.45) is 5.92 Å². The van der Waals surface area contributed by atoms with Crippen molar-refractivity contribution in [3.05, 3.63) is 29.6 Å². The first-order chi connectivity index (χ1) is 8.22. The standard InChI is InChI=1S/C14H22N2O/c1-4-16-14(13-5-6-17-11(13)3)12-7-10(2)8-15-9-12/h7-9,11,13-14,16H,4-6H2,1-3H3. The van der Waals surface area contributed by atoms with E-state index in [0.29, 0.717) is 18.1 Å². The summed E-state index contributed by atoms with van der Waals surface area (Å²) >= 11 is 0. The highest BCUT2D eigenvalue weighted by molar-refractivity contribution is 5.21. The summed E-state index contributed by atoms with van der Waals surface area (Å²) in [4.78, 5) is 4.30. The number of ether oxygens (including phenoxy) is 1. The highest BCUT2D eigenvalue weighted by Gasteiger charge is 2.32. The van der Waals surface area contributed by atoms with E-state index in [1.54, 1.807) is 0 Å². The van der Waals surface area contributed by atoms with Gasteiger partial charge in [-0.05, 0) is 37.9 Å². The number of aromatic nitrogens is 1. The summed E-state index contributed by atoms with van der Waals surface area (Å²) in [6.45, 7) is 8.27. The number of rotatable bonds is 4. The molecule has 1 aromatic heterocycles. The Balaban J connectivity index is 2.22. The van der Waals surface area contributed by atoms with Crippen LogP contribution in [0.4, 0.5) is 0 Å². The minimum atomic E-state index is 0.333. The Bertz CT molecular complexity index is 367. The maximum atomic E-state index is 5.68. The van der Waals surface area contributed by atoms with Crippen LogP contribution in [-0.4, -0.2) is 24.2 Å². The Kier molecular flexibility index (Phi) is 4.13. The maximum absolute atomic E-state index is 5.68. The summed E-state index contributed by atoms with van der Waals surface area (Å²) < 4.78 is 5.68. The van der Waals surface area contributed by atoms with Crippen LogP contribution < -0.4 is 5.32 Å². The zero-order valence-electron chi connectivity index (χ0n) is 10.9. The first-order valence-electron chi connectivity index (χ1n) is 6.49. The molecule has 1 aromatic rings. The predicted octanol–water partition coefficient (Wildman–Crippen LogP) is 2.47. The number of nitrogens with one attached hydrogen (secondary N) is 1. The largest absolute Gasteiger partial charge is 0.378 e. The van der Waals surface area contributed by atoms with Crippen molar-refractivity contribution in [2.45, 2.75) is 39.3 Å². The third-order valence-electron chi connectivity index (χ3n) is 3.54. The van der Waals surface area contributed by atoms with Gasteiger partial charge < -0.3 is 10.1 Å². The molecule has 1 aliphatic rings. The van der Waals surface area contributed by atoms with Gasteiger partial charge in [0, 0.05) is 31.0 Å². The van der Waals surface area contributed by atoms with Crippen LogP contribution in [0.5, 0.6) is 0 Å². The summed E-state index contributed by atoms with van der Waals surface area (Å²) in [6, 6.07) is 2.59. The number of pyridine rings is 1. The Morgan fingerprint density at radius 3 is 2.94 bits per heavy atom. The fourth-order valence-corrected chi connectivity index (χ4v) is 2.67. The van der Waals surface area contributed by atoms with E-state index in [4.69, 9.17) is 4.74 Å². The van der Waals surface area contributed by atoms with E-state index in [2.05, 4.69) is 37.1 Å². The van der Waals surface area contributed by atoms with Crippen LogP contribution in [0.15, 0.2) is 18.5 Å². The average molecular weight is 234 g/mol. The number of hydrogen-bond donors (Lipinski definition) is 1. The number of hydrogen-bond acceptors (Lipinski definition) is 3. The van der Waals surface area contributed by atoms with Crippen LogP contribution in [0.1, 0.15) is 37.4 Å². The molecular weight excluding hydrogens is 212 g/mol. The fraction of sp³-hybridized carbons (Fsp3) is 0.643. The van der Waals surface area contributed by atoms with E-state index in [9.17, 15) is 0 Å². The lowest BCUT2D eigenvalue weighted by Gasteiger charge is -2.27. The van der Waals surface area contributed by atoms with E-state index in [0.717, 1.165) is 19.6 Å². The predicted molar refractivity (Wildman–Crippen MR) is 68.9 cm³/mol. The van der Waals surface area contributed by atoms with Gasteiger partial charge in [-0.2, -0.15) is 0 Å². The van der Waals surface area contributed by atoms with Crippen LogP contribution in [0.25, 0.3) is 0 Å². The molecule has 17 heavy (non-hydrogen) atoms. The zero-order chi connectivity index (χ0) is 12.3. The highest BCUT2D eigenvalue weighted by Crippen LogP contribution is 2.33.